The number of hydrogen-bond donors (Lipinski definition) is 0. The van der Waals surface area contributed by atoms with Crippen molar-refractivity contribution in [3.05, 3.63) is 53.6 Å². The van der Waals surface area contributed by atoms with Crippen molar-refractivity contribution in [3.63, 3.8) is 0 Å². The van der Waals surface area contributed by atoms with E-state index in [9.17, 15) is 9.59 Å². The number of carbonyl (C=O) groups is 2. The molecule has 0 atom stereocenters. The molecule has 2 aromatic carbocycles. The number of amides is 1. The van der Waals surface area contributed by atoms with Crippen molar-refractivity contribution < 1.29 is 23.8 Å². The minimum Gasteiger partial charge on any atom is -0.496 e. The van der Waals surface area contributed by atoms with Crippen molar-refractivity contribution in [2.24, 2.45) is 0 Å². The lowest BCUT2D eigenvalue weighted by atomic mass is 10.1. The van der Waals surface area contributed by atoms with Gasteiger partial charge in [0.15, 0.2) is 0 Å². The van der Waals surface area contributed by atoms with Gasteiger partial charge in [0.2, 0.25) is 0 Å². The van der Waals surface area contributed by atoms with Gasteiger partial charge in [0.25, 0.3) is 5.91 Å². The fourth-order valence-electron chi connectivity index (χ4n) is 3.31. The zero-order chi connectivity index (χ0) is 20.1. The summed E-state index contributed by atoms with van der Waals surface area (Å²) in [5.41, 5.74) is 1.97. The van der Waals surface area contributed by atoms with E-state index in [1.165, 1.54) is 7.11 Å². The van der Waals surface area contributed by atoms with E-state index < -0.39 is 0 Å². The Hall–Kier alpha value is -3.22. The Kier molecular flexibility index (Phi) is 6.03. The third-order valence-electron chi connectivity index (χ3n) is 4.86. The standard InChI is InChI=1S/C21H24N2O5/c1-26-17-5-4-6-18(27-2)19(17)20(24)23-13-11-22(12-14-23)16-9-7-15(8-10-16)21(25)28-3/h4-10H,11-14H2,1-3H3. The monoisotopic (exact) mass is 384 g/mol. The van der Waals surface area contributed by atoms with Crippen LogP contribution in [0.1, 0.15) is 20.7 Å². The normalized spacial score (nSPS) is 13.8. The number of esters is 1. The summed E-state index contributed by atoms with van der Waals surface area (Å²) in [5.74, 6) is 0.554. The van der Waals surface area contributed by atoms with E-state index in [1.807, 2.05) is 12.1 Å². The van der Waals surface area contributed by atoms with Gasteiger partial charge in [-0.3, -0.25) is 4.79 Å². The van der Waals surface area contributed by atoms with E-state index >= 15 is 0 Å². The van der Waals surface area contributed by atoms with Crippen molar-refractivity contribution in [2.75, 3.05) is 52.4 Å². The largest absolute Gasteiger partial charge is 0.496 e. The van der Waals surface area contributed by atoms with Crippen LogP contribution in [-0.4, -0.2) is 64.3 Å². The molecule has 0 aliphatic carbocycles. The summed E-state index contributed by atoms with van der Waals surface area (Å²) in [6.07, 6.45) is 0. The molecule has 0 saturated carbocycles. The summed E-state index contributed by atoms with van der Waals surface area (Å²) in [7, 11) is 4.45. The van der Waals surface area contributed by atoms with Gasteiger partial charge >= 0.3 is 5.97 Å². The zero-order valence-corrected chi connectivity index (χ0v) is 16.3. The molecular weight excluding hydrogens is 360 g/mol. The Morgan fingerprint density at radius 3 is 1.89 bits per heavy atom. The molecule has 0 radical (unpaired) electrons. The van der Waals surface area contributed by atoms with Gasteiger partial charge in [0, 0.05) is 31.9 Å². The van der Waals surface area contributed by atoms with Gasteiger partial charge in [0.05, 0.1) is 26.9 Å². The van der Waals surface area contributed by atoms with Crippen LogP contribution in [0.2, 0.25) is 0 Å². The summed E-state index contributed by atoms with van der Waals surface area (Å²) in [6, 6.07) is 12.6. The number of anilines is 1. The van der Waals surface area contributed by atoms with Crippen molar-refractivity contribution >= 4 is 17.6 Å². The lowest BCUT2D eigenvalue weighted by molar-refractivity contribution is 0.0600. The molecule has 0 N–H and O–H groups in total. The third-order valence-corrected chi connectivity index (χ3v) is 4.86. The number of ether oxygens (including phenoxy) is 3. The highest BCUT2D eigenvalue weighted by atomic mass is 16.5. The van der Waals surface area contributed by atoms with Crippen LogP contribution in [0.15, 0.2) is 42.5 Å². The molecule has 1 saturated heterocycles. The minimum absolute atomic E-state index is 0.102. The fraction of sp³-hybridized carbons (Fsp3) is 0.333. The number of carbonyl (C=O) groups excluding carboxylic acids is 2. The Morgan fingerprint density at radius 1 is 0.821 bits per heavy atom. The van der Waals surface area contributed by atoms with E-state index in [-0.39, 0.29) is 11.9 Å². The topological polar surface area (TPSA) is 68.3 Å². The van der Waals surface area contributed by atoms with E-state index in [2.05, 4.69) is 4.90 Å². The first-order chi connectivity index (χ1) is 13.6. The van der Waals surface area contributed by atoms with Crippen molar-refractivity contribution in [2.45, 2.75) is 0 Å². The van der Waals surface area contributed by atoms with E-state index in [1.54, 1.807) is 49.5 Å². The maximum Gasteiger partial charge on any atom is 0.337 e. The van der Waals surface area contributed by atoms with Crippen LogP contribution in [0, 0.1) is 0 Å². The summed E-state index contributed by atoms with van der Waals surface area (Å²) >= 11 is 0. The highest BCUT2D eigenvalue weighted by Gasteiger charge is 2.27. The molecule has 7 heteroatoms. The number of benzene rings is 2. The Labute approximate surface area is 164 Å². The molecule has 1 amide bonds. The molecule has 1 aliphatic heterocycles. The van der Waals surface area contributed by atoms with Gasteiger partial charge in [0.1, 0.15) is 17.1 Å². The van der Waals surface area contributed by atoms with E-state index in [4.69, 9.17) is 14.2 Å². The minimum atomic E-state index is -0.354. The van der Waals surface area contributed by atoms with Gasteiger partial charge < -0.3 is 24.0 Å². The number of piperazine rings is 1. The summed E-state index contributed by atoms with van der Waals surface area (Å²) in [6.45, 7) is 2.55. The van der Waals surface area contributed by atoms with Crippen molar-refractivity contribution in [1.29, 1.82) is 0 Å². The molecule has 1 fully saturated rings. The van der Waals surface area contributed by atoms with Crippen LogP contribution in [0.25, 0.3) is 0 Å². The first-order valence-electron chi connectivity index (χ1n) is 9.02. The molecule has 3 rings (SSSR count). The zero-order valence-electron chi connectivity index (χ0n) is 16.3. The molecule has 1 heterocycles. The summed E-state index contributed by atoms with van der Waals surface area (Å²) < 4.78 is 15.4. The average molecular weight is 384 g/mol. The van der Waals surface area contributed by atoms with E-state index in [0.717, 1.165) is 5.69 Å². The van der Waals surface area contributed by atoms with Gasteiger partial charge in [-0.2, -0.15) is 0 Å². The van der Waals surface area contributed by atoms with Crippen LogP contribution in [0.4, 0.5) is 5.69 Å². The van der Waals surface area contributed by atoms with Crippen LogP contribution < -0.4 is 14.4 Å². The molecule has 1 aliphatic rings. The second-order valence-corrected chi connectivity index (χ2v) is 6.36. The number of hydrogen-bond acceptors (Lipinski definition) is 6. The van der Waals surface area contributed by atoms with Gasteiger partial charge in [-0.15, -0.1) is 0 Å². The maximum atomic E-state index is 13.1. The molecule has 0 unspecified atom stereocenters. The molecule has 28 heavy (non-hydrogen) atoms. The van der Waals surface area contributed by atoms with Gasteiger partial charge in [-0.25, -0.2) is 4.79 Å². The Balaban J connectivity index is 1.69. The molecule has 7 nitrogen and oxygen atoms in total. The van der Waals surface area contributed by atoms with Crippen LogP contribution in [0.3, 0.4) is 0 Å². The summed E-state index contributed by atoms with van der Waals surface area (Å²) in [5, 5.41) is 0. The van der Waals surface area contributed by atoms with Crippen molar-refractivity contribution in [3.8, 4) is 11.5 Å². The van der Waals surface area contributed by atoms with Gasteiger partial charge in [-0.1, -0.05) is 6.07 Å². The quantitative estimate of drug-likeness (QED) is 0.738. The molecular formula is C21H24N2O5. The molecule has 0 aromatic heterocycles. The molecule has 0 bridgehead atoms. The lowest BCUT2D eigenvalue weighted by Crippen LogP contribution is -2.48. The fourth-order valence-corrected chi connectivity index (χ4v) is 3.31. The number of rotatable bonds is 5. The predicted molar refractivity (Wildman–Crippen MR) is 105 cm³/mol. The Morgan fingerprint density at radius 2 is 1.39 bits per heavy atom. The first kappa shape index (κ1) is 19.5. The molecule has 2 aromatic rings. The highest BCUT2D eigenvalue weighted by Crippen LogP contribution is 2.30. The second kappa shape index (κ2) is 8.65. The SMILES string of the molecule is COC(=O)c1ccc(N2CCN(C(=O)c3c(OC)cccc3OC)CC2)cc1. The Bertz CT molecular complexity index is 820. The highest BCUT2D eigenvalue weighted by molar-refractivity contribution is 6.00. The maximum absolute atomic E-state index is 13.1. The first-order valence-corrected chi connectivity index (χ1v) is 9.02. The summed E-state index contributed by atoms with van der Waals surface area (Å²) in [4.78, 5) is 28.6. The molecule has 0 spiro atoms. The smallest absolute Gasteiger partial charge is 0.337 e. The van der Waals surface area contributed by atoms with E-state index in [0.29, 0.717) is 48.8 Å². The number of methoxy groups -OCH3 is 3. The third kappa shape index (κ3) is 3.88. The number of nitrogens with zero attached hydrogens (tertiary/aromatic N) is 2. The lowest BCUT2D eigenvalue weighted by Gasteiger charge is -2.36. The van der Waals surface area contributed by atoms with Crippen LogP contribution >= 0.6 is 0 Å². The predicted octanol–water partition coefficient (Wildman–Crippen LogP) is 2.45. The second-order valence-electron chi connectivity index (χ2n) is 6.36. The molecule has 148 valence electrons. The average Bonchev–Trinajstić information content (AvgIpc) is 2.77. The van der Waals surface area contributed by atoms with Crippen LogP contribution in [0.5, 0.6) is 11.5 Å². The van der Waals surface area contributed by atoms with Crippen LogP contribution in [-0.2, 0) is 4.74 Å². The van der Waals surface area contributed by atoms with Crippen molar-refractivity contribution in [1.82, 2.24) is 4.90 Å². The van der Waals surface area contributed by atoms with Gasteiger partial charge in [-0.05, 0) is 36.4 Å².